The van der Waals surface area contributed by atoms with E-state index in [4.69, 9.17) is 32.5 Å². The van der Waals surface area contributed by atoms with Crippen molar-refractivity contribution < 1.29 is 9.47 Å². The fourth-order valence-corrected chi connectivity index (χ4v) is 6.76. The van der Waals surface area contributed by atoms with Crippen LogP contribution in [0.15, 0.2) is 42.9 Å². The summed E-state index contributed by atoms with van der Waals surface area (Å²) in [6, 6.07) is 10.4. The second-order valence-corrected chi connectivity index (χ2v) is 11.1. The first-order chi connectivity index (χ1) is 16.8. The van der Waals surface area contributed by atoms with Gasteiger partial charge < -0.3 is 25.5 Å². The molecule has 0 amide bonds. The first-order valence-electron chi connectivity index (χ1n) is 12.0. The van der Waals surface area contributed by atoms with E-state index >= 15 is 0 Å². The number of aromatic nitrogens is 4. The second-order valence-electron chi connectivity index (χ2n) is 10.7. The summed E-state index contributed by atoms with van der Waals surface area (Å²) in [6.45, 7) is 4.01. The third-order valence-electron chi connectivity index (χ3n) is 8.23. The van der Waals surface area contributed by atoms with Crippen molar-refractivity contribution in [2.24, 2.45) is 11.3 Å². The molecule has 35 heavy (non-hydrogen) atoms. The number of halogens is 1. The Morgan fingerprint density at radius 1 is 1.11 bits per heavy atom. The van der Waals surface area contributed by atoms with Gasteiger partial charge in [0.2, 0.25) is 0 Å². The summed E-state index contributed by atoms with van der Waals surface area (Å²) in [5, 5.41) is 2.36. The van der Waals surface area contributed by atoms with E-state index < -0.39 is 5.79 Å². The summed E-state index contributed by atoms with van der Waals surface area (Å²) in [4.78, 5) is 13.2. The predicted molar refractivity (Wildman–Crippen MR) is 135 cm³/mol. The molecule has 7 rings (SSSR count). The molecule has 1 saturated heterocycles. The van der Waals surface area contributed by atoms with Gasteiger partial charge in [0, 0.05) is 17.0 Å². The quantitative estimate of drug-likeness (QED) is 0.432. The number of ether oxygens (including phenoxy) is 2. The summed E-state index contributed by atoms with van der Waals surface area (Å²) in [5.41, 5.74) is 15.1. The number of rotatable bonds is 4. The van der Waals surface area contributed by atoms with Crippen LogP contribution in [0.1, 0.15) is 38.3 Å². The summed E-state index contributed by atoms with van der Waals surface area (Å²) in [6.07, 6.45) is 6.66. The van der Waals surface area contributed by atoms with Crippen molar-refractivity contribution in [2.45, 2.75) is 57.1 Å². The molecule has 2 saturated carbocycles. The molecular weight excluding hydrogens is 464 g/mol. The molecule has 3 aromatic heterocycles. The SMILES string of the molecule is CC1(C)O[C@H]2[C@H](n3ccc4c(N)ncnc43)[C@H]3C[C@]3(CCc3ccc4cc(Cl)c(N)nc4c3)[C@H]2O1. The van der Waals surface area contributed by atoms with Crippen LogP contribution in [0.3, 0.4) is 0 Å². The fraction of sp³-hybridized carbons (Fsp3) is 0.423. The van der Waals surface area contributed by atoms with Crippen LogP contribution in [0.5, 0.6) is 0 Å². The number of benzene rings is 1. The first kappa shape index (κ1) is 21.4. The van der Waals surface area contributed by atoms with Crippen molar-refractivity contribution in [1.29, 1.82) is 0 Å². The third kappa shape index (κ3) is 3.09. The number of fused-ring (bicyclic) bond motifs is 5. The Morgan fingerprint density at radius 2 is 1.97 bits per heavy atom. The van der Waals surface area contributed by atoms with Crippen LogP contribution in [0.4, 0.5) is 11.6 Å². The van der Waals surface area contributed by atoms with Crippen molar-refractivity contribution in [3.63, 3.8) is 0 Å². The van der Waals surface area contributed by atoms with Gasteiger partial charge in [0.1, 0.15) is 29.7 Å². The molecule has 180 valence electrons. The summed E-state index contributed by atoms with van der Waals surface area (Å²) in [5.74, 6) is 0.699. The average molecular weight is 491 g/mol. The Morgan fingerprint density at radius 3 is 2.83 bits per heavy atom. The number of nitrogens with two attached hydrogens (primary N) is 2. The Hall–Kier alpha value is -2.94. The van der Waals surface area contributed by atoms with E-state index in [-0.39, 0.29) is 23.7 Å². The zero-order valence-electron chi connectivity index (χ0n) is 19.6. The molecule has 0 unspecified atom stereocenters. The van der Waals surface area contributed by atoms with Crippen LogP contribution in [0.25, 0.3) is 21.9 Å². The smallest absolute Gasteiger partial charge is 0.163 e. The van der Waals surface area contributed by atoms with Crippen LogP contribution >= 0.6 is 11.6 Å². The highest BCUT2D eigenvalue weighted by atomic mass is 35.5. The Bertz CT molecular complexity index is 1500. The van der Waals surface area contributed by atoms with E-state index in [2.05, 4.69) is 43.9 Å². The minimum Gasteiger partial charge on any atom is -0.383 e. The zero-order chi connectivity index (χ0) is 24.1. The molecule has 2 aliphatic carbocycles. The molecule has 4 N–H and O–H groups in total. The largest absolute Gasteiger partial charge is 0.383 e. The minimum atomic E-state index is -0.616. The Kier molecular flexibility index (Phi) is 4.31. The number of nitrogen functional groups attached to an aromatic ring is 2. The first-order valence-corrected chi connectivity index (χ1v) is 12.4. The van der Waals surface area contributed by atoms with Crippen molar-refractivity contribution >= 4 is 45.2 Å². The second kappa shape index (κ2) is 7.06. The van der Waals surface area contributed by atoms with E-state index in [1.165, 1.54) is 11.9 Å². The molecule has 3 fully saturated rings. The van der Waals surface area contributed by atoms with Gasteiger partial charge in [0.05, 0.1) is 28.1 Å². The third-order valence-corrected chi connectivity index (χ3v) is 8.53. The predicted octanol–water partition coefficient (Wildman–Crippen LogP) is 4.51. The van der Waals surface area contributed by atoms with Crippen LogP contribution in [0.2, 0.25) is 5.02 Å². The summed E-state index contributed by atoms with van der Waals surface area (Å²) in [7, 11) is 0. The molecule has 0 bridgehead atoms. The maximum absolute atomic E-state index is 6.55. The van der Waals surface area contributed by atoms with Gasteiger partial charge in [0.15, 0.2) is 5.79 Å². The number of aryl methyl sites for hydroxylation is 1. The lowest BCUT2D eigenvalue weighted by Crippen LogP contribution is -2.32. The van der Waals surface area contributed by atoms with Gasteiger partial charge >= 0.3 is 0 Å². The van der Waals surface area contributed by atoms with Gasteiger partial charge in [-0.25, -0.2) is 15.0 Å². The van der Waals surface area contributed by atoms with Gasteiger partial charge in [-0.15, -0.1) is 0 Å². The molecule has 3 aliphatic rings. The molecule has 0 radical (unpaired) electrons. The highest BCUT2D eigenvalue weighted by Gasteiger charge is 2.75. The van der Waals surface area contributed by atoms with Crippen LogP contribution in [0, 0.1) is 11.3 Å². The van der Waals surface area contributed by atoms with E-state index in [1.54, 1.807) is 0 Å². The number of nitrogens with zero attached hydrogens (tertiary/aromatic N) is 4. The topological polar surface area (TPSA) is 114 Å². The lowest BCUT2D eigenvalue weighted by molar-refractivity contribution is -0.161. The van der Waals surface area contributed by atoms with Crippen molar-refractivity contribution in [3.05, 3.63) is 53.4 Å². The van der Waals surface area contributed by atoms with E-state index in [0.29, 0.717) is 22.6 Å². The minimum absolute atomic E-state index is 0.0317. The van der Waals surface area contributed by atoms with E-state index in [9.17, 15) is 0 Å². The molecule has 1 aliphatic heterocycles. The van der Waals surface area contributed by atoms with Crippen molar-refractivity contribution in [1.82, 2.24) is 19.5 Å². The van der Waals surface area contributed by atoms with E-state index in [1.807, 2.05) is 26.0 Å². The molecule has 4 heterocycles. The van der Waals surface area contributed by atoms with Gasteiger partial charge in [-0.05, 0) is 62.8 Å². The lowest BCUT2D eigenvalue weighted by atomic mass is 9.91. The monoisotopic (exact) mass is 490 g/mol. The molecule has 5 atom stereocenters. The van der Waals surface area contributed by atoms with Gasteiger partial charge in [-0.3, -0.25) is 0 Å². The average Bonchev–Trinajstić information content (AvgIpc) is 3.07. The number of hydrogen-bond donors (Lipinski definition) is 2. The standard InChI is InChI=1S/C26H27ClN6O2/c1-25(2)34-20-19(33-8-6-15-22(28)30-12-31-24(15)33)16-11-26(16,21(20)35-25)7-5-13-3-4-14-10-17(27)23(29)32-18(14)9-13/h3-4,6,8-10,12,16,19-21H,5,7,11H2,1-2H3,(H2,29,32)(H2,28,30,31)/t16-,19-,20+,21+,26+/m1/s1. The molecule has 8 nitrogen and oxygen atoms in total. The van der Waals surface area contributed by atoms with Crippen LogP contribution in [-0.2, 0) is 15.9 Å². The molecule has 9 heteroatoms. The van der Waals surface area contributed by atoms with Crippen molar-refractivity contribution in [2.75, 3.05) is 11.5 Å². The number of hydrogen-bond acceptors (Lipinski definition) is 7. The maximum atomic E-state index is 6.55. The van der Waals surface area contributed by atoms with Gasteiger partial charge in [-0.1, -0.05) is 23.7 Å². The normalized spacial score (nSPS) is 30.6. The summed E-state index contributed by atoms with van der Waals surface area (Å²) < 4.78 is 15.3. The van der Waals surface area contributed by atoms with Crippen molar-refractivity contribution in [3.8, 4) is 0 Å². The fourth-order valence-electron chi connectivity index (χ4n) is 6.60. The van der Waals surface area contributed by atoms with Gasteiger partial charge in [-0.2, -0.15) is 0 Å². The number of pyridine rings is 1. The highest BCUT2D eigenvalue weighted by molar-refractivity contribution is 6.33. The molecule has 0 spiro atoms. The zero-order valence-corrected chi connectivity index (χ0v) is 20.4. The number of anilines is 2. The van der Waals surface area contributed by atoms with E-state index in [0.717, 1.165) is 41.2 Å². The molecule has 4 aromatic rings. The van der Waals surface area contributed by atoms with Gasteiger partial charge in [0.25, 0.3) is 0 Å². The lowest BCUT2D eigenvalue weighted by Gasteiger charge is -2.24. The van der Waals surface area contributed by atoms with Crippen LogP contribution in [-0.4, -0.2) is 37.5 Å². The van der Waals surface area contributed by atoms with Crippen LogP contribution < -0.4 is 11.5 Å². The maximum Gasteiger partial charge on any atom is 0.163 e. The summed E-state index contributed by atoms with van der Waals surface area (Å²) >= 11 is 6.14. The highest BCUT2D eigenvalue weighted by Crippen LogP contribution is 2.73. The Balaban J connectivity index is 1.21. The molecule has 1 aromatic carbocycles. The Labute approximate surface area is 207 Å². The molecular formula is C26H27ClN6O2.